The van der Waals surface area contributed by atoms with Crippen LogP contribution < -0.4 is 0 Å². The van der Waals surface area contributed by atoms with E-state index in [0.717, 1.165) is 11.1 Å². The van der Waals surface area contributed by atoms with Crippen LogP contribution in [0.25, 0.3) is 60.9 Å². The van der Waals surface area contributed by atoms with E-state index in [4.69, 9.17) is 0 Å². The van der Waals surface area contributed by atoms with Gasteiger partial charge in [-0.2, -0.15) is 0 Å². The van der Waals surface area contributed by atoms with Gasteiger partial charge in [0.15, 0.2) is 5.78 Å². The molecule has 1 aromatic heterocycles. The molecule has 1 aliphatic heterocycles. The molecule has 0 aliphatic carbocycles. The Bertz CT molecular complexity index is 2080. The van der Waals surface area contributed by atoms with Crippen molar-refractivity contribution in [1.82, 2.24) is 4.57 Å². The summed E-state index contributed by atoms with van der Waals surface area (Å²) in [5, 5.41) is 2.44. The summed E-state index contributed by atoms with van der Waals surface area (Å²) in [6.07, 6.45) is 0. The molecule has 0 atom stereocenters. The Morgan fingerprint density at radius 1 is 0.462 bits per heavy atom. The molecule has 8 rings (SSSR count). The molecule has 0 radical (unpaired) electrons. The van der Waals surface area contributed by atoms with Gasteiger partial charge in [-0.25, -0.2) is 0 Å². The van der Waals surface area contributed by atoms with Gasteiger partial charge in [-0.05, 0) is 46.5 Å². The Kier molecular flexibility index (Phi) is 4.71. The molecule has 182 valence electrons. The minimum Gasteiger partial charge on any atom is -0.308 e. The average Bonchev–Trinajstić information content (AvgIpc) is 3.28. The Morgan fingerprint density at radius 3 is 1.95 bits per heavy atom. The smallest absolute Gasteiger partial charge is 0.193 e. The van der Waals surface area contributed by atoms with Crippen LogP contribution in [0.1, 0.15) is 15.9 Å². The predicted molar refractivity (Wildman–Crippen MR) is 161 cm³/mol. The molecule has 2 nitrogen and oxygen atoms in total. The van der Waals surface area contributed by atoms with Crippen molar-refractivity contribution in [1.29, 1.82) is 0 Å². The van der Waals surface area contributed by atoms with E-state index in [-0.39, 0.29) is 5.78 Å². The topological polar surface area (TPSA) is 22.0 Å². The van der Waals surface area contributed by atoms with Crippen molar-refractivity contribution in [2.24, 2.45) is 0 Å². The summed E-state index contributed by atoms with van der Waals surface area (Å²) in [7, 11) is 0. The number of hydrogen-bond acceptors (Lipinski definition) is 1. The van der Waals surface area contributed by atoms with Gasteiger partial charge in [-0.3, -0.25) is 4.79 Å². The molecule has 0 spiro atoms. The zero-order valence-electron chi connectivity index (χ0n) is 21.1. The molecule has 1 aliphatic rings. The lowest BCUT2D eigenvalue weighted by Crippen LogP contribution is -2.00. The number of ketones is 1. The minimum absolute atomic E-state index is 0.0391. The molecule has 0 saturated heterocycles. The summed E-state index contributed by atoms with van der Waals surface area (Å²) in [5.74, 6) is 0.0391. The number of nitrogens with zero attached hydrogens (tertiary/aromatic N) is 1. The highest BCUT2D eigenvalue weighted by Gasteiger charge is 2.24. The summed E-state index contributed by atoms with van der Waals surface area (Å²) >= 11 is 0. The van der Waals surface area contributed by atoms with Crippen molar-refractivity contribution in [3.8, 4) is 39.1 Å². The van der Waals surface area contributed by atoms with Crippen LogP contribution in [0, 0.1) is 0 Å². The number of rotatable bonds is 3. The molecule has 39 heavy (non-hydrogen) atoms. The first-order valence-corrected chi connectivity index (χ1v) is 13.2. The second-order valence-corrected chi connectivity index (χ2v) is 10.1. The summed E-state index contributed by atoms with van der Waals surface area (Å²) in [5.41, 5.74) is 12.1. The number of aromatic nitrogens is 1. The highest BCUT2D eigenvalue weighted by molar-refractivity contribution is 6.17. The second kappa shape index (κ2) is 8.41. The van der Waals surface area contributed by atoms with E-state index in [1.54, 1.807) is 0 Å². The largest absolute Gasteiger partial charge is 0.308 e. The number of fused-ring (bicyclic) bond motifs is 8. The number of para-hydroxylation sites is 2. The lowest BCUT2D eigenvalue weighted by Gasteiger charge is -2.12. The molecular weight excluding hydrogens is 474 g/mol. The monoisotopic (exact) mass is 497 g/mol. The van der Waals surface area contributed by atoms with Crippen molar-refractivity contribution < 1.29 is 4.79 Å². The lowest BCUT2D eigenvalue weighted by molar-refractivity contribution is 0.103. The average molecular weight is 498 g/mol. The Hall–Kier alpha value is -5.21. The molecule has 0 N–H and O–H groups in total. The van der Waals surface area contributed by atoms with E-state index in [1.165, 1.54) is 49.7 Å². The SMILES string of the molecule is O=C(c1ccccc1)c1cccc(-c2ccc3c(c2)c2cccc4c2n3-c2ccccc2-c2ccccc2-4)c1. The van der Waals surface area contributed by atoms with Gasteiger partial charge in [0.25, 0.3) is 0 Å². The number of hydrogen-bond donors (Lipinski definition) is 0. The number of carbonyl (C=O) groups is 1. The van der Waals surface area contributed by atoms with Crippen LogP contribution in [0.2, 0.25) is 0 Å². The number of carbonyl (C=O) groups excluding carboxylic acids is 1. The van der Waals surface area contributed by atoms with Crippen LogP contribution in [0.15, 0.2) is 140 Å². The first-order chi connectivity index (χ1) is 19.3. The van der Waals surface area contributed by atoms with E-state index in [1.807, 2.05) is 48.5 Å². The van der Waals surface area contributed by atoms with Gasteiger partial charge in [0.1, 0.15) is 0 Å². The first-order valence-electron chi connectivity index (χ1n) is 13.2. The first kappa shape index (κ1) is 21.8. The fourth-order valence-electron chi connectivity index (χ4n) is 6.16. The quantitative estimate of drug-likeness (QED) is 0.223. The van der Waals surface area contributed by atoms with Gasteiger partial charge in [0, 0.05) is 33.0 Å². The maximum absolute atomic E-state index is 13.2. The molecular formula is C37H23NO. The van der Waals surface area contributed by atoms with E-state index in [2.05, 4.69) is 95.6 Å². The predicted octanol–water partition coefficient (Wildman–Crippen LogP) is 9.33. The van der Waals surface area contributed by atoms with Gasteiger partial charge in [0.2, 0.25) is 0 Å². The van der Waals surface area contributed by atoms with Crippen molar-refractivity contribution >= 4 is 27.6 Å². The zero-order chi connectivity index (χ0) is 25.9. The normalized spacial score (nSPS) is 11.7. The van der Waals surface area contributed by atoms with Gasteiger partial charge >= 0.3 is 0 Å². The summed E-state index contributed by atoms with van der Waals surface area (Å²) in [4.78, 5) is 13.2. The third-order valence-electron chi connectivity index (χ3n) is 7.93. The molecule has 0 saturated carbocycles. The fraction of sp³-hybridized carbons (Fsp3) is 0. The standard InChI is InChI=1S/C37H23NO/c39-37(24-10-2-1-3-11-24)27-13-8-12-25(22-27)26-20-21-35-33(23-26)32-18-9-17-31-29-15-5-4-14-28(29)30-16-6-7-19-34(30)38(35)36(31)32/h1-23H. The fourth-order valence-corrected chi connectivity index (χ4v) is 6.16. The van der Waals surface area contributed by atoms with Crippen molar-refractivity contribution in [3.05, 3.63) is 151 Å². The van der Waals surface area contributed by atoms with E-state index in [0.29, 0.717) is 11.1 Å². The van der Waals surface area contributed by atoms with E-state index in [9.17, 15) is 4.79 Å². The summed E-state index contributed by atoms with van der Waals surface area (Å²) in [6, 6.07) is 48.2. The van der Waals surface area contributed by atoms with Gasteiger partial charge in [0.05, 0.1) is 16.7 Å². The Balaban J connectivity index is 1.37. The van der Waals surface area contributed by atoms with Crippen LogP contribution in [-0.2, 0) is 0 Å². The molecule has 2 heteroatoms. The zero-order valence-corrected chi connectivity index (χ0v) is 21.1. The highest BCUT2D eigenvalue weighted by atomic mass is 16.1. The van der Waals surface area contributed by atoms with E-state index >= 15 is 0 Å². The van der Waals surface area contributed by atoms with Gasteiger partial charge in [-0.1, -0.05) is 115 Å². The second-order valence-electron chi connectivity index (χ2n) is 10.1. The van der Waals surface area contributed by atoms with Crippen LogP contribution >= 0.6 is 0 Å². The third-order valence-corrected chi connectivity index (χ3v) is 7.93. The molecule has 0 bridgehead atoms. The van der Waals surface area contributed by atoms with E-state index < -0.39 is 0 Å². The third kappa shape index (κ3) is 3.25. The Labute approximate surface area is 226 Å². The van der Waals surface area contributed by atoms with Crippen molar-refractivity contribution in [2.75, 3.05) is 0 Å². The molecule has 0 fully saturated rings. The summed E-state index contributed by atoms with van der Waals surface area (Å²) < 4.78 is 2.43. The maximum Gasteiger partial charge on any atom is 0.193 e. The van der Waals surface area contributed by atoms with Crippen LogP contribution in [0.3, 0.4) is 0 Å². The number of benzene rings is 6. The molecule has 0 amide bonds. The van der Waals surface area contributed by atoms with Crippen molar-refractivity contribution in [3.63, 3.8) is 0 Å². The molecule has 0 unspecified atom stereocenters. The molecule has 6 aromatic carbocycles. The molecule has 2 heterocycles. The van der Waals surface area contributed by atoms with Crippen LogP contribution in [0.5, 0.6) is 0 Å². The van der Waals surface area contributed by atoms with Gasteiger partial charge in [-0.15, -0.1) is 0 Å². The molecule has 7 aromatic rings. The maximum atomic E-state index is 13.2. The Morgan fingerprint density at radius 2 is 1.10 bits per heavy atom. The summed E-state index contributed by atoms with van der Waals surface area (Å²) in [6.45, 7) is 0. The van der Waals surface area contributed by atoms with Crippen molar-refractivity contribution in [2.45, 2.75) is 0 Å². The lowest BCUT2D eigenvalue weighted by atomic mass is 9.93. The van der Waals surface area contributed by atoms with Crippen LogP contribution in [-0.4, -0.2) is 10.4 Å². The van der Waals surface area contributed by atoms with Gasteiger partial charge < -0.3 is 4.57 Å². The highest BCUT2D eigenvalue weighted by Crippen LogP contribution is 2.46. The minimum atomic E-state index is 0.0391. The van der Waals surface area contributed by atoms with Crippen LogP contribution in [0.4, 0.5) is 0 Å².